The molecule has 0 aliphatic rings. The van der Waals surface area contributed by atoms with Gasteiger partial charge in [-0.05, 0) is 195 Å². The van der Waals surface area contributed by atoms with Crippen LogP contribution in [0.2, 0.25) is 0 Å². The molecule has 0 atom stereocenters. The van der Waals surface area contributed by atoms with Crippen LogP contribution in [0, 0.1) is 0 Å². The van der Waals surface area contributed by atoms with Crippen LogP contribution in [0.25, 0.3) is 226 Å². The fourth-order valence-corrected chi connectivity index (χ4v) is 17.7. The van der Waals surface area contributed by atoms with E-state index in [9.17, 15) is 0 Å². The topological polar surface area (TPSA) is 131 Å². The minimum atomic E-state index is 0.871. The van der Waals surface area contributed by atoms with E-state index in [2.05, 4.69) is 321 Å². The molecule has 564 valence electrons. The van der Waals surface area contributed by atoms with Gasteiger partial charge in [-0.2, -0.15) is 0 Å². The summed E-state index contributed by atoms with van der Waals surface area (Å²) in [5.74, 6) is 2.63. The van der Waals surface area contributed by atoms with Gasteiger partial charge in [-0.3, -0.25) is 28.7 Å². The minimum absolute atomic E-state index is 0.871. The van der Waals surface area contributed by atoms with Gasteiger partial charge in [0.05, 0.1) is 78.1 Å². The molecule has 0 aliphatic carbocycles. The maximum Gasteiger partial charge on any atom is 0.137 e. The summed E-state index contributed by atoms with van der Waals surface area (Å²) in [6, 6.07) is 129. The Balaban J connectivity index is 0.000000106. The molecule has 0 bridgehead atoms. The van der Waals surface area contributed by atoms with Gasteiger partial charge in [-0.1, -0.05) is 218 Å². The highest BCUT2D eigenvalue weighted by Crippen LogP contribution is 2.44. The van der Waals surface area contributed by atoms with E-state index in [4.69, 9.17) is 34.9 Å². The van der Waals surface area contributed by atoms with E-state index in [0.717, 1.165) is 156 Å². The van der Waals surface area contributed by atoms with Gasteiger partial charge in [0.15, 0.2) is 0 Å². The van der Waals surface area contributed by atoms with E-state index >= 15 is 0 Å². The molecule has 0 fully saturated rings. The van der Waals surface area contributed by atoms with Crippen molar-refractivity contribution in [2.24, 2.45) is 0 Å². The Morgan fingerprint density at radius 1 is 0.182 bits per heavy atom. The number of hydrogen-bond acceptors (Lipinski definition) is 9. The highest BCUT2D eigenvalue weighted by Gasteiger charge is 2.22. The smallest absolute Gasteiger partial charge is 0.137 e. The quantitative estimate of drug-likeness (QED) is 0.139. The summed E-state index contributed by atoms with van der Waals surface area (Å²) < 4.78 is 6.80. The Labute approximate surface area is 693 Å². The van der Waals surface area contributed by atoms with Crippen molar-refractivity contribution in [3.8, 4) is 84.9 Å². The third-order valence-corrected chi connectivity index (χ3v) is 23.5. The van der Waals surface area contributed by atoms with Crippen LogP contribution in [0.1, 0.15) is 0 Å². The van der Waals surface area contributed by atoms with Crippen LogP contribution >= 0.6 is 0 Å². The van der Waals surface area contributed by atoms with Crippen molar-refractivity contribution in [3.05, 3.63) is 413 Å². The molecular weight excluding hydrogens is 1480 g/mol. The van der Waals surface area contributed by atoms with Gasteiger partial charge in [0.1, 0.15) is 17.5 Å². The maximum atomic E-state index is 4.99. The van der Waals surface area contributed by atoms with Crippen LogP contribution in [0.5, 0.6) is 0 Å². The van der Waals surface area contributed by atoms with Crippen molar-refractivity contribution < 1.29 is 0 Å². The summed E-state index contributed by atoms with van der Waals surface area (Å²) in [5, 5.41) is 20.3. The molecule has 13 aromatic carbocycles. The number of para-hydroxylation sites is 3. The Hall–Kier alpha value is -16.6. The zero-order valence-electron chi connectivity index (χ0n) is 65.1. The summed E-state index contributed by atoms with van der Waals surface area (Å²) in [4.78, 5) is 43.2. The predicted octanol–water partition coefficient (Wildman–Crippen LogP) is 27.0. The molecule has 12 aromatic heterocycles. The molecule has 0 saturated carbocycles. The Morgan fingerprint density at radius 3 is 0.967 bits per heavy atom. The van der Waals surface area contributed by atoms with Crippen LogP contribution in [-0.4, -0.2) is 58.6 Å². The zero-order chi connectivity index (χ0) is 79.9. The lowest BCUT2D eigenvalue weighted by Gasteiger charge is -2.09. The second-order valence-electron chi connectivity index (χ2n) is 30.5. The van der Waals surface area contributed by atoms with Crippen molar-refractivity contribution in [2.45, 2.75) is 0 Å². The highest BCUT2D eigenvalue weighted by molar-refractivity contribution is 6.25. The van der Waals surface area contributed by atoms with Crippen LogP contribution in [-0.2, 0) is 0 Å². The number of rotatable bonds is 9. The summed E-state index contributed by atoms with van der Waals surface area (Å²) in [6.07, 6.45) is 13.2. The normalized spacial score (nSPS) is 11.6. The number of benzene rings is 13. The van der Waals surface area contributed by atoms with Crippen molar-refractivity contribution in [3.63, 3.8) is 0 Å². The Kier molecular flexibility index (Phi) is 16.9. The highest BCUT2D eigenvalue weighted by atomic mass is 15.1. The molecule has 12 heteroatoms. The molecule has 0 amide bonds. The fourth-order valence-electron chi connectivity index (χ4n) is 17.7. The van der Waals surface area contributed by atoms with Crippen molar-refractivity contribution in [1.82, 2.24) is 58.6 Å². The average molecular weight is 1550 g/mol. The molecular formula is C109H68N12. The lowest BCUT2D eigenvalue weighted by Crippen LogP contribution is -1.97. The van der Waals surface area contributed by atoms with Crippen LogP contribution in [0.3, 0.4) is 0 Å². The number of aromatic nitrogens is 12. The predicted molar refractivity (Wildman–Crippen MR) is 498 cm³/mol. The standard InChI is InChI=1S/C39H24N4.2C35H22N4/c1-4-10-30-25(7-1)14-19-36-38(30)32-23-28(39-31-11-5-2-8-26(31)21-22-40-39)15-18-35(32)43(36)37-20-16-29(24-41-37)34-17-13-27-9-3-6-12-33(27)42-34;1-3-9-27-23(7-1)13-18-33-35(27)28-21-25(29-10-5-6-20-36-29)14-17-32(28)39(33)34-19-15-26(22-37-34)31-16-12-24-8-2-4-11-30(24)38-31;1-3-9-28-23(6-1)12-17-33-35(28)29-20-25(26-8-5-19-36-21-26)13-16-32(29)39(33)34-18-14-27(22-37-34)31-15-11-24-7-2-4-10-30(24)38-31/h1-24H;2*1-22H. The lowest BCUT2D eigenvalue weighted by molar-refractivity contribution is 1.08. The molecule has 12 nitrogen and oxygen atoms in total. The first-order valence-corrected chi connectivity index (χ1v) is 40.5. The minimum Gasteiger partial charge on any atom is -0.294 e. The number of pyridine rings is 9. The van der Waals surface area contributed by atoms with Gasteiger partial charge in [0.2, 0.25) is 0 Å². The Morgan fingerprint density at radius 2 is 0.545 bits per heavy atom. The maximum absolute atomic E-state index is 4.99. The first-order chi connectivity index (χ1) is 60.0. The van der Waals surface area contributed by atoms with E-state index in [1.807, 2.05) is 116 Å². The van der Waals surface area contributed by atoms with Gasteiger partial charge in [-0.15, -0.1) is 0 Å². The van der Waals surface area contributed by atoms with Gasteiger partial charge in [0, 0.05) is 131 Å². The SMILES string of the molecule is c1ccc(-c2ccc3c(c2)c2c4ccccc4ccc2n3-c2ccc(-c3ccc4ccccc4n3)cn2)nc1.c1ccc2nc(-c3ccc(-n4c5ccc(-c6nccc7ccccc67)cc5c5c6ccccc6ccc54)nc3)ccc2c1.c1cncc(-c2ccc3c(c2)c2c4ccccc4ccc2n3-c2ccc(-c3ccc4ccccc4n3)cn2)c1. The monoisotopic (exact) mass is 1540 g/mol. The molecule has 0 N–H and O–H groups in total. The third-order valence-electron chi connectivity index (χ3n) is 23.5. The number of fused-ring (bicyclic) bond motifs is 19. The van der Waals surface area contributed by atoms with Gasteiger partial charge in [0.25, 0.3) is 0 Å². The summed E-state index contributed by atoms with van der Waals surface area (Å²) in [5.41, 5.74) is 21.8. The first kappa shape index (κ1) is 69.9. The summed E-state index contributed by atoms with van der Waals surface area (Å²) >= 11 is 0. The van der Waals surface area contributed by atoms with E-state index in [-0.39, 0.29) is 0 Å². The van der Waals surface area contributed by atoms with Gasteiger partial charge < -0.3 is 0 Å². The largest absolute Gasteiger partial charge is 0.294 e. The van der Waals surface area contributed by atoms with Crippen molar-refractivity contribution in [2.75, 3.05) is 0 Å². The molecule has 0 unspecified atom stereocenters. The van der Waals surface area contributed by atoms with Gasteiger partial charge in [-0.25, -0.2) is 29.9 Å². The zero-order valence-corrected chi connectivity index (χ0v) is 65.1. The second-order valence-corrected chi connectivity index (χ2v) is 30.5. The van der Waals surface area contributed by atoms with E-state index in [0.29, 0.717) is 0 Å². The Bertz CT molecular complexity index is 8070. The second kappa shape index (κ2) is 29.3. The van der Waals surface area contributed by atoms with Crippen molar-refractivity contribution in [1.29, 1.82) is 0 Å². The molecule has 25 aromatic rings. The molecule has 25 rings (SSSR count). The van der Waals surface area contributed by atoms with E-state index in [1.165, 1.54) is 70.0 Å². The average Bonchev–Trinajstić information content (AvgIpc) is 1.58. The number of hydrogen-bond donors (Lipinski definition) is 0. The van der Waals surface area contributed by atoms with Crippen LogP contribution < -0.4 is 0 Å². The summed E-state index contributed by atoms with van der Waals surface area (Å²) in [7, 11) is 0. The third kappa shape index (κ3) is 12.4. The molecule has 0 aliphatic heterocycles. The van der Waals surface area contributed by atoms with Gasteiger partial charge >= 0.3 is 0 Å². The van der Waals surface area contributed by atoms with Crippen molar-refractivity contribution >= 4 is 141 Å². The molecule has 121 heavy (non-hydrogen) atoms. The van der Waals surface area contributed by atoms with E-state index in [1.54, 1.807) is 0 Å². The van der Waals surface area contributed by atoms with Crippen LogP contribution in [0.4, 0.5) is 0 Å². The molecule has 0 saturated heterocycles. The van der Waals surface area contributed by atoms with E-state index < -0.39 is 0 Å². The lowest BCUT2D eigenvalue weighted by atomic mass is 10.00. The molecule has 0 spiro atoms. The summed E-state index contributed by atoms with van der Waals surface area (Å²) in [6.45, 7) is 0. The van der Waals surface area contributed by atoms with Crippen LogP contribution in [0.15, 0.2) is 413 Å². The fraction of sp³-hybridized carbons (Fsp3) is 0. The first-order valence-electron chi connectivity index (χ1n) is 40.5. The number of nitrogens with zero attached hydrogens (tertiary/aromatic N) is 12. The molecule has 12 heterocycles. The molecule has 0 radical (unpaired) electrons.